The molecule has 1 aromatic rings. The number of carboxylic acid groups (broad SMARTS) is 1. The van der Waals surface area contributed by atoms with Crippen LogP contribution in [0.2, 0.25) is 0 Å². The molecule has 0 amide bonds. The molecule has 1 aromatic carbocycles. The molecule has 0 aliphatic carbocycles. The first-order chi connectivity index (χ1) is 8.17. The van der Waals surface area contributed by atoms with E-state index in [1.54, 1.807) is 12.1 Å². The van der Waals surface area contributed by atoms with Crippen molar-refractivity contribution in [1.29, 1.82) is 0 Å². The van der Waals surface area contributed by atoms with Gasteiger partial charge >= 0.3 is 5.97 Å². The molecule has 3 nitrogen and oxygen atoms in total. The first kappa shape index (κ1) is 13.6. The minimum atomic E-state index is -0.874. The Morgan fingerprint density at radius 2 is 2.29 bits per heavy atom. The molecule has 0 heterocycles. The average Bonchev–Trinajstić information content (AvgIpc) is 2.30. The number of rotatable bonds is 4. The topological polar surface area (TPSA) is 46.5 Å². The summed E-state index contributed by atoms with van der Waals surface area (Å²) in [5.74, 6) is 5.68. The Labute approximate surface area is 109 Å². The monoisotopic (exact) mass is 296 g/mol. The smallest absolute Gasteiger partial charge is 0.307 e. The zero-order valence-corrected chi connectivity index (χ0v) is 11.1. The Morgan fingerprint density at radius 3 is 2.88 bits per heavy atom. The molecule has 0 unspecified atom stereocenters. The van der Waals surface area contributed by atoms with Crippen LogP contribution in [0.15, 0.2) is 18.2 Å². The lowest BCUT2D eigenvalue weighted by atomic mass is 10.1. The third kappa shape index (κ3) is 4.49. The van der Waals surface area contributed by atoms with Gasteiger partial charge in [-0.15, -0.1) is 0 Å². The van der Waals surface area contributed by atoms with E-state index < -0.39 is 5.97 Å². The van der Waals surface area contributed by atoms with E-state index >= 15 is 0 Å². The van der Waals surface area contributed by atoms with Crippen LogP contribution in [0, 0.1) is 11.8 Å². The zero-order valence-electron chi connectivity index (χ0n) is 9.50. The van der Waals surface area contributed by atoms with Crippen LogP contribution in [0.1, 0.15) is 17.5 Å². The summed E-state index contributed by atoms with van der Waals surface area (Å²) < 4.78 is 5.15. The maximum atomic E-state index is 10.6. The van der Waals surface area contributed by atoms with Crippen LogP contribution >= 0.6 is 15.9 Å². The first-order valence-corrected chi connectivity index (χ1v) is 6.23. The molecule has 1 N–H and O–H groups in total. The highest BCUT2D eigenvalue weighted by atomic mass is 79.9. The highest BCUT2D eigenvalue weighted by Crippen LogP contribution is 2.20. The van der Waals surface area contributed by atoms with Crippen LogP contribution in [0.5, 0.6) is 5.75 Å². The van der Waals surface area contributed by atoms with Gasteiger partial charge in [-0.25, -0.2) is 0 Å². The van der Waals surface area contributed by atoms with Gasteiger partial charge in [0.2, 0.25) is 0 Å². The van der Waals surface area contributed by atoms with E-state index in [0.717, 1.165) is 17.3 Å². The number of ether oxygens (including phenoxy) is 1. The van der Waals surface area contributed by atoms with E-state index in [9.17, 15) is 4.79 Å². The van der Waals surface area contributed by atoms with Crippen molar-refractivity contribution in [1.82, 2.24) is 0 Å². The highest BCUT2D eigenvalue weighted by Gasteiger charge is 2.07. The van der Waals surface area contributed by atoms with Gasteiger partial charge in [-0.05, 0) is 12.1 Å². The van der Waals surface area contributed by atoms with Gasteiger partial charge < -0.3 is 9.84 Å². The lowest BCUT2D eigenvalue weighted by molar-refractivity contribution is -0.136. The number of aliphatic carboxylic acids is 1. The van der Waals surface area contributed by atoms with Crippen molar-refractivity contribution in [2.24, 2.45) is 0 Å². The Kier molecular flexibility index (Phi) is 5.58. The fourth-order valence-electron chi connectivity index (χ4n) is 1.34. The maximum Gasteiger partial charge on any atom is 0.307 e. The Bertz CT molecular complexity index is 457. The van der Waals surface area contributed by atoms with Gasteiger partial charge in [0.05, 0.1) is 13.5 Å². The molecule has 0 aliphatic heterocycles. The van der Waals surface area contributed by atoms with Crippen LogP contribution in [-0.2, 0) is 11.2 Å². The van der Waals surface area contributed by atoms with Crippen molar-refractivity contribution in [2.75, 3.05) is 12.4 Å². The highest BCUT2D eigenvalue weighted by molar-refractivity contribution is 9.09. The second-order valence-corrected chi connectivity index (χ2v) is 4.13. The molecule has 0 radical (unpaired) electrons. The molecule has 0 spiro atoms. The summed E-state index contributed by atoms with van der Waals surface area (Å²) in [6.07, 6.45) is 0.734. The first-order valence-electron chi connectivity index (χ1n) is 5.11. The minimum Gasteiger partial charge on any atom is -0.496 e. The van der Waals surface area contributed by atoms with Gasteiger partial charge in [-0.3, -0.25) is 4.79 Å². The molecular weight excluding hydrogens is 284 g/mol. The van der Waals surface area contributed by atoms with E-state index in [-0.39, 0.29) is 6.42 Å². The molecule has 4 heteroatoms. The zero-order chi connectivity index (χ0) is 12.7. The molecular formula is C13H13BrO3. The van der Waals surface area contributed by atoms with Crippen LogP contribution in [0.4, 0.5) is 0 Å². The molecule has 1 rings (SSSR count). The van der Waals surface area contributed by atoms with E-state index in [2.05, 4.69) is 27.8 Å². The number of methoxy groups -OCH3 is 1. The number of hydrogen-bond acceptors (Lipinski definition) is 2. The summed E-state index contributed by atoms with van der Waals surface area (Å²) in [4.78, 5) is 10.6. The van der Waals surface area contributed by atoms with Crippen molar-refractivity contribution >= 4 is 21.9 Å². The molecule has 0 saturated carbocycles. The molecule has 0 saturated heterocycles. The quantitative estimate of drug-likeness (QED) is 0.686. The van der Waals surface area contributed by atoms with Crippen LogP contribution in [-0.4, -0.2) is 23.5 Å². The predicted octanol–water partition coefficient (Wildman–Crippen LogP) is 2.46. The lowest BCUT2D eigenvalue weighted by Crippen LogP contribution is -2.02. The minimum absolute atomic E-state index is 0.0434. The summed E-state index contributed by atoms with van der Waals surface area (Å²) in [7, 11) is 1.52. The maximum absolute atomic E-state index is 10.6. The largest absolute Gasteiger partial charge is 0.496 e. The molecule has 0 bridgehead atoms. The van der Waals surface area contributed by atoms with Gasteiger partial charge in [0, 0.05) is 22.9 Å². The van der Waals surface area contributed by atoms with Crippen molar-refractivity contribution < 1.29 is 14.6 Å². The Hall–Kier alpha value is -1.47. The van der Waals surface area contributed by atoms with E-state index in [0.29, 0.717) is 11.3 Å². The van der Waals surface area contributed by atoms with Crippen molar-refractivity contribution in [3.63, 3.8) is 0 Å². The SMILES string of the molecule is COc1cc(C#CCCBr)ccc1CC(=O)O. The number of halogens is 1. The number of carboxylic acids is 1. The number of benzene rings is 1. The van der Waals surface area contributed by atoms with E-state index in [1.165, 1.54) is 7.11 Å². The third-order valence-electron chi connectivity index (χ3n) is 2.08. The molecule has 0 aromatic heterocycles. The van der Waals surface area contributed by atoms with Crippen molar-refractivity contribution in [3.8, 4) is 17.6 Å². The van der Waals surface area contributed by atoms with Crippen molar-refractivity contribution in [3.05, 3.63) is 29.3 Å². The molecule has 0 atom stereocenters. The van der Waals surface area contributed by atoms with Gasteiger partial charge in [-0.2, -0.15) is 0 Å². The van der Waals surface area contributed by atoms with Crippen LogP contribution < -0.4 is 4.74 Å². The normalized spacial score (nSPS) is 9.29. The summed E-state index contributed by atoms with van der Waals surface area (Å²) in [6.45, 7) is 0. The Balaban J connectivity index is 2.93. The van der Waals surface area contributed by atoms with Crippen LogP contribution in [0.25, 0.3) is 0 Å². The predicted molar refractivity (Wildman–Crippen MR) is 69.6 cm³/mol. The molecule has 90 valence electrons. The van der Waals surface area contributed by atoms with Gasteiger partial charge in [0.25, 0.3) is 0 Å². The third-order valence-corrected chi connectivity index (χ3v) is 2.48. The van der Waals surface area contributed by atoms with Crippen LogP contribution in [0.3, 0.4) is 0 Å². The fourth-order valence-corrected chi connectivity index (χ4v) is 1.54. The molecule has 0 fully saturated rings. The second-order valence-electron chi connectivity index (χ2n) is 3.34. The number of hydrogen-bond donors (Lipinski definition) is 1. The average molecular weight is 297 g/mol. The second kappa shape index (κ2) is 6.97. The van der Waals surface area contributed by atoms with Gasteiger partial charge in [0.1, 0.15) is 5.75 Å². The summed E-state index contributed by atoms with van der Waals surface area (Å²) in [6, 6.07) is 5.31. The standard InChI is InChI=1S/C13H13BrO3/c1-17-12-8-10(4-2-3-7-14)5-6-11(12)9-13(15)16/h5-6,8H,3,7,9H2,1H3,(H,15,16). The van der Waals surface area contributed by atoms with E-state index in [1.807, 2.05) is 6.07 Å². The Morgan fingerprint density at radius 1 is 1.53 bits per heavy atom. The lowest BCUT2D eigenvalue weighted by Gasteiger charge is -2.06. The molecule has 0 aliphatic rings. The fraction of sp³-hybridized carbons (Fsp3) is 0.308. The summed E-state index contributed by atoms with van der Waals surface area (Å²) in [5.41, 5.74) is 1.49. The van der Waals surface area contributed by atoms with E-state index in [4.69, 9.17) is 9.84 Å². The number of alkyl halides is 1. The molecule has 17 heavy (non-hydrogen) atoms. The van der Waals surface area contributed by atoms with Gasteiger partial charge in [0.15, 0.2) is 0 Å². The summed E-state index contributed by atoms with van der Waals surface area (Å²) in [5, 5.41) is 9.58. The number of carbonyl (C=O) groups is 1. The summed E-state index contributed by atoms with van der Waals surface area (Å²) >= 11 is 3.30. The van der Waals surface area contributed by atoms with Gasteiger partial charge in [-0.1, -0.05) is 33.8 Å². The van der Waals surface area contributed by atoms with Crippen molar-refractivity contribution in [2.45, 2.75) is 12.8 Å².